The third-order valence-corrected chi connectivity index (χ3v) is 3.33. The van der Waals surface area contributed by atoms with Crippen molar-refractivity contribution in [1.29, 1.82) is 0 Å². The molecule has 3 nitrogen and oxygen atoms in total. The summed E-state index contributed by atoms with van der Waals surface area (Å²) in [6.07, 6.45) is 3.37. The number of esters is 1. The molecule has 0 heterocycles. The molecule has 15 heavy (non-hydrogen) atoms. The Morgan fingerprint density at radius 3 is 2.60 bits per heavy atom. The summed E-state index contributed by atoms with van der Waals surface area (Å²) in [5, 5.41) is 0. The van der Waals surface area contributed by atoms with Gasteiger partial charge in [-0.15, -0.1) is 0 Å². The number of carbonyl (C=O) groups excluding carboxylic acids is 2. The summed E-state index contributed by atoms with van der Waals surface area (Å²) in [5.74, 6) is 0.774. The first-order chi connectivity index (χ1) is 7.04. The van der Waals surface area contributed by atoms with Crippen molar-refractivity contribution in [2.75, 3.05) is 0 Å². The smallest absolute Gasteiger partial charge is 0.371 e. The van der Waals surface area contributed by atoms with Gasteiger partial charge in [-0.3, -0.25) is 4.79 Å². The van der Waals surface area contributed by atoms with Gasteiger partial charge in [-0.05, 0) is 30.6 Å². The Morgan fingerprint density at radius 2 is 2.07 bits per heavy atom. The Morgan fingerprint density at radius 1 is 1.40 bits per heavy atom. The van der Waals surface area contributed by atoms with Crippen molar-refractivity contribution in [3.05, 3.63) is 0 Å². The van der Waals surface area contributed by atoms with Gasteiger partial charge in [0.05, 0.1) is 0 Å². The van der Waals surface area contributed by atoms with E-state index in [1.807, 2.05) is 0 Å². The molecule has 3 unspecified atom stereocenters. The first kappa shape index (κ1) is 12.2. The van der Waals surface area contributed by atoms with E-state index in [1.165, 1.54) is 6.42 Å². The minimum Gasteiger partial charge on any atom is -0.457 e. The largest absolute Gasteiger partial charge is 0.457 e. The van der Waals surface area contributed by atoms with Gasteiger partial charge < -0.3 is 4.74 Å². The molecule has 0 spiro atoms. The molecule has 3 heteroatoms. The lowest BCUT2D eigenvalue weighted by molar-refractivity contribution is -0.158. The number of carbonyl (C=O) groups is 2. The summed E-state index contributed by atoms with van der Waals surface area (Å²) >= 11 is 0. The van der Waals surface area contributed by atoms with E-state index < -0.39 is 5.97 Å². The van der Waals surface area contributed by atoms with Crippen LogP contribution in [0.25, 0.3) is 0 Å². The summed E-state index contributed by atoms with van der Waals surface area (Å²) in [7, 11) is 0. The molecule has 0 aromatic rings. The molecule has 0 amide bonds. The lowest BCUT2D eigenvalue weighted by Crippen LogP contribution is -2.36. The summed E-state index contributed by atoms with van der Waals surface area (Å²) in [6, 6.07) is 0. The zero-order valence-corrected chi connectivity index (χ0v) is 9.73. The van der Waals surface area contributed by atoms with Gasteiger partial charge in [0.25, 0.3) is 0 Å². The van der Waals surface area contributed by atoms with Crippen LogP contribution in [0.4, 0.5) is 0 Å². The van der Waals surface area contributed by atoms with Crippen molar-refractivity contribution in [3.63, 3.8) is 0 Å². The van der Waals surface area contributed by atoms with Crippen molar-refractivity contribution in [2.24, 2.45) is 17.8 Å². The Bertz CT molecular complexity index is 235. The van der Waals surface area contributed by atoms with Crippen LogP contribution < -0.4 is 0 Å². The molecule has 1 aliphatic carbocycles. The highest BCUT2D eigenvalue weighted by Gasteiger charge is 2.33. The van der Waals surface area contributed by atoms with Gasteiger partial charge in [0.1, 0.15) is 6.10 Å². The van der Waals surface area contributed by atoms with Crippen LogP contribution in [-0.4, -0.2) is 18.4 Å². The van der Waals surface area contributed by atoms with Crippen LogP contribution in [-0.2, 0) is 14.3 Å². The molecule has 1 aliphatic rings. The van der Waals surface area contributed by atoms with Gasteiger partial charge in [-0.2, -0.15) is 0 Å². The van der Waals surface area contributed by atoms with Crippen LogP contribution >= 0.6 is 0 Å². The molecule has 1 saturated carbocycles. The Kier molecular flexibility index (Phi) is 4.30. The molecule has 0 saturated heterocycles. The van der Waals surface area contributed by atoms with Crippen LogP contribution in [0.2, 0.25) is 0 Å². The molecule has 0 N–H and O–H groups in total. The minimum atomic E-state index is -0.722. The molecule has 0 aliphatic heterocycles. The highest BCUT2D eigenvalue weighted by Crippen LogP contribution is 2.35. The molecule has 0 bridgehead atoms. The van der Waals surface area contributed by atoms with Crippen molar-refractivity contribution in [1.82, 2.24) is 0 Å². The minimum absolute atomic E-state index is 0.0635. The fraction of sp³-hybridized carbons (Fsp3) is 0.833. The van der Waals surface area contributed by atoms with Crippen LogP contribution in [0.5, 0.6) is 0 Å². The van der Waals surface area contributed by atoms with Gasteiger partial charge in [-0.1, -0.05) is 27.2 Å². The van der Waals surface area contributed by atoms with Crippen LogP contribution in [0.15, 0.2) is 0 Å². The second kappa shape index (κ2) is 5.29. The molecule has 1 fully saturated rings. The average molecular weight is 212 g/mol. The maximum Gasteiger partial charge on any atom is 0.371 e. The second-order valence-electron chi connectivity index (χ2n) is 4.92. The monoisotopic (exact) mass is 212 g/mol. The Labute approximate surface area is 91.2 Å². The predicted molar refractivity (Wildman–Crippen MR) is 57.3 cm³/mol. The lowest BCUT2D eigenvalue weighted by Gasteiger charge is -2.36. The molecule has 1 rings (SSSR count). The Balaban J connectivity index is 2.61. The lowest BCUT2D eigenvalue weighted by atomic mass is 9.75. The molecule has 3 atom stereocenters. The first-order valence-electron chi connectivity index (χ1n) is 5.70. The van der Waals surface area contributed by atoms with E-state index in [-0.39, 0.29) is 12.4 Å². The zero-order chi connectivity index (χ0) is 11.4. The van der Waals surface area contributed by atoms with E-state index in [1.54, 1.807) is 0 Å². The van der Waals surface area contributed by atoms with E-state index in [9.17, 15) is 9.59 Å². The number of hydrogen-bond acceptors (Lipinski definition) is 3. The number of rotatable bonds is 3. The standard InChI is InChI=1S/C12H20O3/c1-8(2)10-5-4-9(3)6-11(10)15-12(14)7-13/h7-11H,4-6H2,1-3H3. The fourth-order valence-corrected chi connectivity index (χ4v) is 2.43. The van der Waals surface area contributed by atoms with Crippen LogP contribution in [0.1, 0.15) is 40.0 Å². The maximum atomic E-state index is 11.0. The fourth-order valence-electron chi connectivity index (χ4n) is 2.43. The van der Waals surface area contributed by atoms with E-state index >= 15 is 0 Å². The quantitative estimate of drug-likeness (QED) is 0.409. The molecular weight excluding hydrogens is 192 g/mol. The number of ether oxygens (including phenoxy) is 1. The van der Waals surface area contributed by atoms with Crippen molar-refractivity contribution in [3.8, 4) is 0 Å². The number of hydrogen-bond donors (Lipinski definition) is 0. The third kappa shape index (κ3) is 3.33. The van der Waals surface area contributed by atoms with Gasteiger partial charge in [0, 0.05) is 0 Å². The van der Waals surface area contributed by atoms with Crippen molar-refractivity contribution < 1.29 is 14.3 Å². The van der Waals surface area contributed by atoms with Crippen molar-refractivity contribution in [2.45, 2.75) is 46.1 Å². The second-order valence-corrected chi connectivity index (χ2v) is 4.92. The first-order valence-corrected chi connectivity index (χ1v) is 5.70. The highest BCUT2D eigenvalue weighted by molar-refractivity contribution is 6.20. The highest BCUT2D eigenvalue weighted by atomic mass is 16.5. The summed E-state index contributed by atoms with van der Waals surface area (Å²) in [4.78, 5) is 21.2. The molecule has 0 aromatic heterocycles. The zero-order valence-electron chi connectivity index (χ0n) is 9.73. The van der Waals surface area contributed by atoms with Gasteiger partial charge >= 0.3 is 5.97 Å². The van der Waals surface area contributed by atoms with E-state index in [2.05, 4.69) is 20.8 Å². The average Bonchev–Trinajstić information content (AvgIpc) is 2.17. The maximum absolute atomic E-state index is 11.0. The van der Waals surface area contributed by atoms with Gasteiger partial charge in [0.15, 0.2) is 0 Å². The van der Waals surface area contributed by atoms with Crippen LogP contribution in [0.3, 0.4) is 0 Å². The van der Waals surface area contributed by atoms with E-state index in [4.69, 9.17) is 4.74 Å². The molecule has 0 radical (unpaired) electrons. The summed E-state index contributed by atoms with van der Waals surface area (Å²) in [5.41, 5.74) is 0. The predicted octanol–water partition coefficient (Wildman–Crippen LogP) is 2.19. The van der Waals surface area contributed by atoms with E-state index in [0.29, 0.717) is 17.8 Å². The third-order valence-electron chi connectivity index (χ3n) is 3.33. The summed E-state index contributed by atoms with van der Waals surface area (Å²) < 4.78 is 5.18. The van der Waals surface area contributed by atoms with Crippen molar-refractivity contribution >= 4 is 12.3 Å². The topological polar surface area (TPSA) is 43.4 Å². The van der Waals surface area contributed by atoms with Gasteiger partial charge in [-0.25, -0.2) is 4.79 Å². The summed E-state index contributed by atoms with van der Waals surface area (Å²) in [6.45, 7) is 6.45. The van der Waals surface area contributed by atoms with E-state index in [0.717, 1.165) is 12.8 Å². The SMILES string of the molecule is CC1CCC(C(C)C)C(OC(=O)C=O)C1. The van der Waals surface area contributed by atoms with Gasteiger partial charge in [0.2, 0.25) is 6.29 Å². The normalized spacial score (nSPS) is 31.3. The molecular formula is C12H20O3. The number of aldehydes is 1. The molecule has 0 aromatic carbocycles. The molecule has 86 valence electrons. The Hall–Kier alpha value is -0.860. The van der Waals surface area contributed by atoms with Crippen LogP contribution in [0, 0.1) is 17.8 Å².